The largest absolute Gasteiger partial charge is 0.481 e. The maximum Gasteiger partial charge on any atom is 0.303 e. The second-order valence-corrected chi connectivity index (χ2v) is 3.87. The Morgan fingerprint density at radius 3 is 3.06 bits per heavy atom. The van der Waals surface area contributed by atoms with Crippen LogP contribution >= 0.6 is 0 Å². The molecule has 1 aliphatic rings. The van der Waals surface area contributed by atoms with Crippen LogP contribution in [0.2, 0.25) is 0 Å². The van der Waals surface area contributed by atoms with Crippen molar-refractivity contribution >= 4 is 5.97 Å². The van der Waals surface area contributed by atoms with Crippen LogP contribution in [0.1, 0.15) is 24.0 Å². The fourth-order valence-electron chi connectivity index (χ4n) is 1.84. The van der Waals surface area contributed by atoms with E-state index in [4.69, 9.17) is 14.6 Å². The Hall–Kier alpha value is -1.62. The molecule has 0 aromatic heterocycles. The third-order valence-electron chi connectivity index (χ3n) is 2.65. The lowest BCUT2D eigenvalue weighted by molar-refractivity contribution is -0.137. The first-order chi connectivity index (χ1) is 8.18. The van der Waals surface area contributed by atoms with Gasteiger partial charge in [-0.05, 0) is 24.5 Å². The van der Waals surface area contributed by atoms with Crippen molar-refractivity contribution in [2.24, 2.45) is 0 Å². The van der Waals surface area contributed by atoms with E-state index in [9.17, 15) is 9.18 Å². The molecule has 0 atom stereocenters. The van der Waals surface area contributed by atoms with Crippen LogP contribution in [0, 0.1) is 5.82 Å². The van der Waals surface area contributed by atoms with Crippen LogP contribution in [0.15, 0.2) is 12.1 Å². The minimum Gasteiger partial charge on any atom is -0.481 e. The van der Waals surface area contributed by atoms with E-state index in [2.05, 4.69) is 0 Å². The molecule has 4 nitrogen and oxygen atoms in total. The van der Waals surface area contributed by atoms with Crippen molar-refractivity contribution in [1.82, 2.24) is 0 Å². The van der Waals surface area contributed by atoms with E-state index in [1.54, 1.807) is 6.07 Å². The Balaban J connectivity index is 2.14. The molecule has 0 saturated carbocycles. The quantitative estimate of drug-likeness (QED) is 0.875. The highest BCUT2D eigenvalue weighted by Gasteiger charge is 2.18. The smallest absolute Gasteiger partial charge is 0.303 e. The molecule has 2 rings (SSSR count). The van der Waals surface area contributed by atoms with Gasteiger partial charge in [0, 0.05) is 6.42 Å². The van der Waals surface area contributed by atoms with Gasteiger partial charge in [-0.25, -0.2) is 4.39 Å². The predicted molar refractivity (Wildman–Crippen MR) is 57.3 cm³/mol. The van der Waals surface area contributed by atoms with Gasteiger partial charge in [-0.3, -0.25) is 4.79 Å². The van der Waals surface area contributed by atoms with Crippen LogP contribution in [0.4, 0.5) is 4.39 Å². The number of carboxylic acid groups (broad SMARTS) is 1. The number of benzene rings is 1. The van der Waals surface area contributed by atoms with Gasteiger partial charge in [0.2, 0.25) is 0 Å². The van der Waals surface area contributed by atoms with Gasteiger partial charge in [-0.15, -0.1) is 0 Å². The number of fused-ring (bicyclic) bond motifs is 1. The Bertz CT molecular complexity index is 431. The summed E-state index contributed by atoms with van der Waals surface area (Å²) in [5.41, 5.74) is 1.26. The molecule has 0 amide bonds. The molecule has 1 heterocycles. The second-order valence-electron chi connectivity index (χ2n) is 3.87. The number of halogens is 1. The molecule has 0 radical (unpaired) electrons. The van der Waals surface area contributed by atoms with Crippen LogP contribution in [0.3, 0.4) is 0 Å². The SMILES string of the molecule is O=C(O)CCCc1ccc(F)c2c1OCOC2. The van der Waals surface area contributed by atoms with E-state index in [1.165, 1.54) is 6.07 Å². The van der Waals surface area contributed by atoms with Gasteiger partial charge in [-0.2, -0.15) is 0 Å². The minimum absolute atomic E-state index is 0.0999. The molecule has 0 aliphatic carbocycles. The summed E-state index contributed by atoms with van der Waals surface area (Å²) in [6.07, 6.45) is 1.18. The number of carbonyl (C=O) groups is 1. The second kappa shape index (κ2) is 5.14. The summed E-state index contributed by atoms with van der Waals surface area (Å²) in [7, 11) is 0. The lowest BCUT2D eigenvalue weighted by Gasteiger charge is -2.21. The van der Waals surface area contributed by atoms with Crippen molar-refractivity contribution in [2.75, 3.05) is 6.79 Å². The van der Waals surface area contributed by atoms with E-state index in [0.717, 1.165) is 5.56 Å². The van der Waals surface area contributed by atoms with Gasteiger partial charge in [0.15, 0.2) is 6.79 Å². The summed E-state index contributed by atoms with van der Waals surface area (Å²) >= 11 is 0. The molecule has 1 N–H and O–H groups in total. The third kappa shape index (κ3) is 2.74. The van der Waals surface area contributed by atoms with Crippen LogP contribution in [-0.2, 0) is 22.6 Å². The monoisotopic (exact) mass is 240 g/mol. The van der Waals surface area contributed by atoms with Crippen LogP contribution in [0.5, 0.6) is 5.75 Å². The maximum absolute atomic E-state index is 13.4. The fraction of sp³-hybridized carbons (Fsp3) is 0.417. The molecular formula is C12H13FO4. The number of aryl methyl sites for hydroxylation is 1. The van der Waals surface area contributed by atoms with Crippen LogP contribution < -0.4 is 4.74 Å². The van der Waals surface area contributed by atoms with E-state index in [0.29, 0.717) is 24.2 Å². The summed E-state index contributed by atoms with van der Waals surface area (Å²) in [4.78, 5) is 10.4. The van der Waals surface area contributed by atoms with E-state index in [1.807, 2.05) is 0 Å². The molecule has 0 unspecified atom stereocenters. The van der Waals surface area contributed by atoms with Crippen molar-refractivity contribution < 1.29 is 23.8 Å². The summed E-state index contributed by atoms with van der Waals surface area (Å²) in [5, 5.41) is 8.56. The lowest BCUT2D eigenvalue weighted by Crippen LogP contribution is -2.14. The topological polar surface area (TPSA) is 55.8 Å². The third-order valence-corrected chi connectivity index (χ3v) is 2.65. The Labute approximate surface area is 98.0 Å². The van der Waals surface area contributed by atoms with E-state index < -0.39 is 5.97 Å². The first-order valence-electron chi connectivity index (χ1n) is 5.41. The molecule has 0 bridgehead atoms. The number of ether oxygens (including phenoxy) is 2. The van der Waals surface area contributed by atoms with Crippen molar-refractivity contribution in [3.8, 4) is 5.75 Å². The maximum atomic E-state index is 13.4. The standard InChI is InChI=1S/C12H13FO4/c13-10-5-4-8(2-1-3-11(14)15)12-9(10)6-16-7-17-12/h4-5H,1-3,6-7H2,(H,14,15). The first kappa shape index (κ1) is 11.9. The zero-order valence-electron chi connectivity index (χ0n) is 9.24. The molecule has 5 heteroatoms. The number of aliphatic carboxylic acids is 1. The average molecular weight is 240 g/mol. The Kier molecular flexibility index (Phi) is 3.58. The summed E-state index contributed by atoms with van der Waals surface area (Å²) in [6.45, 7) is 0.316. The molecule has 0 fully saturated rings. The van der Waals surface area contributed by atoms with Crippen LogP contribution in [0.25, 0.3) is 0 Å². The number of carboxylic acids is 1. The molecule has 92 valence electrons. The van der Waals surface area contributed by atoms with Gasteiger partial charge < -0.3 is 14.6 Å². The zero-order valence-corrected chi connectivity index (χ0v) is 9.24. The van der Waals surface area contributed by atoms with Gasteiger partial charge in [0.05, 0.1) is 12.2 Å². The molecule has 1 aliphatic heterocycles. The highest BCUT2D eigenvalue weighted by molar-refractivity contribution is 5.66. The highest BCUT2D eigenvalue weighted by Crippen LogP contribution is 2.31. The number of hydrogen-bond acceptors (Lipinski definition) is 3. The molecule has 1 aromatic rings. The lowest BCUT2D eigenvalue weighted by atomic mass is 10.0. The van der Waals surface area contributed by atoms with Gasteiger partial charge in [0.1, 0.15) is 11.6 Å². The van der Waals surface area contributed by atoms with E-state index in [-0.39, 0.29) is 25.6 Å². The van der Waals surface area contributed by atoms with Gasteiger partial charge in [0.25, 0.3) is 0 Å². The summed E-state index contributed by atoms with van der Waals surface area (Å²) < 4.78 is 23.7. The average Bonchev–Trinajstić information content (AvgIpc) is 2.32. The predicted octanol–water partition coefficient (Wildman–Crippen LogP) is 2.10. The zero-order chi connectivity index (χ0) is 12.3. The van der Waals surface area contributed by atoms with E-state index >= 15 is 0 Å². The number of rotatable bonds is 4. The molecule has 0 saturated heterocycles. The van der Waals surface area contributed by atoms with Crippen molar-refractivity contribution in [3.63, 3.8) is 0 Å². The molecular weight excluding hydrogens is 227 g/mol. The van der Waals surface area contributed by atoms with Gasteiger partial charge in [-0.1, -0.05) is 6.07 Å². The molecule has 1 aromatic carbocycles. The Morgan fingerprint density at radius 1 is 1.47 bits per heavy atom. The van der Waals surface area contributed by atoms with Gasteiger partial charge >= 0.3 is 5.97 Å². The van der Waals surface area contributed by atoms with Crippen LogP contribution in [-0.4, -0.2) is 17.9 Å². The van der Waals surface area contributed by atoms with Crippen molar-refractivity contribution in [2.45, 2.75) is 25.9 Å². The minimum atomic E-state index is -0.828. The summed E-state index contributed by atoms with van der Waals surface area (Å²) in [6, 6.07) is 3.01. The van der Waals surface area contributed by atoms with Crippen molar-refractivity contribution in [3.05, 3.63) is 29.1 Å². The number of hydrogen-bond donors (Lipinski definition) is 1. The normalized spacial score (nSPS) is 13.9. The molecule has 0 spiro atoms. The summed E-state index contributed by atoms with van der Waals surface area (Å²) in [5.74, 6) is -0.659. The first-order valence-corrected chi connectivity index (χ1v) is 5.41. The van der Waals surface area contributed by atoms with Crippen molar-refractivity contribution in [1.29, 1.82) is 0 Å². The highest BCUT2D eigenvalue weighted by atomic mass is 19.1. The Morgan fingerprint density at radius 2 is 2.29 bits per heavy atom. The fourth-order valence-corrected chi connectivity index (χ4v) is 1.84. The molecule has 17 heavy (non-hydrogen) atoms.